The number of esters is 2. The number of ether oxygens (including phenoxy) is 2. The summed E-state index contributed by atoms with van der Waals surface area (Å²) in [6, 6.07) is 6.79. The van der Waals surface area contributed by atoms with Crippen LogP contribution in [-0.4, -0.2) is 42.9 Å². The zero-order valence-corrected chi connectivity index (χ0v) is 21.5. The summed E-state index contributed by atoms with van der Waals surface area (Å²) in [5, 5.41) is 3.53. The van der Waals surface area contributed by atoms with Gasteiger partial charge in [0.05, 0.1) is 30.3 Å². The van der Waals surface area contributed by atoms with Gasteiger partial charge in [0.15, 0.2) is 11.2 Å². The smallest absolute Gasteiger partial charge is 0.336 e. The summed E-state index contributed by atoms with van der Waals surface area (Å²) in [6.07, 6.45) is 1.68. The van der Waals surface area contributed by atoms with E-state index in [2.05, 4.69) is 5.32 Å². The summed E-state index contributed by atoms with van der Waals surface area (Å²) in [5.41, 5.74) is 1.62. The van der Waals surface area contributed by atoms with Crippen LogP contribution in [0.25, 0.3) is 11.0 Å². The highest BCUT2D eigenvalue weighted by Crippen LogP contribution is 2.45. The molecule has 2 aromatic rings. The molecule has 3 unspecified atom stereocenters. The largest absolute Gasteiger partial charge is 0.468 e. The van der Waals surface area contributed by atoms with E-state index >= 15 is 0 Å². The van der Waals surface area contributed by atoms with E-state index in [1.54, 1.807) is 49.9 Å². The number of allylic oxidation sites excluding steroid dienone is 3. The van der Waals surface area contributed by atoms with Gasteiger partial charge in [0, 0.05) is 28.3 Å². The van der Waals surface area contributed by atoms with Gasteiger partial charge in [0.1, 0.15) is 18.1 Å². The van der Waals surface area contributed by atoms with Crippen molar-refractivity contribution >= 4 is 40.5 Å². The van der Waals surface area contributed by atoms with Crippen LogP contribution in [0.4, 0.5) is 0 Å². The molecule has 0 fully saturated rings. The molecule has 1 aliphatic carbocycles. The monoisotopic (exact) mass is 511 g/mol. The van der Waals surface area contributed by atoms with Crippen LogP contribution in [-0.2, 0) is 23.9 Å². The number of ketones is 1. The number of carbonyl (C=O) groups is 3. The summed E-state index contributed by atoms with van der Waals surface area (Å²) in [4.78, 5) is 53.3. The van der Waals surface area contributed by atoms with Crippen LogP contribution in [0.5, 0.6) is 0 Å². The first-order valence-corrected chi connectivity index (χ1v) is 13.0. The van der Waals surface area contributed by atoms with Crippen LogP contribution in [0, 0.1) is 11.8 Å². The summed E-state index contributed by atoms with van der Waals surface area (Å²) in [7, 11) is 1.24. The van der Waals surface area contributed by atoms with Crippen LogP contribution in [0.2, 0.25) is 0 Å². The van der Waals surface area contributed by atoms with Gasteiger partial charge in [-0.25, -0.2) is 4.79 Å². The normalized spacial score (nSPS) is 21.8. The molecule has 0 spiro atoms. The lowest BCUT2D eigenvalue weighted by atomic mass is 9.69. The van der Waals surface area contributed by atoms with E-state index < -0.39 is 29.6 Å². The lowest BCUT2D eigenvalue weighted by Gasteiger charge is -2.37. The second kappa shape index (κ2) is 10.7. The maximum absolute atomic E-state index is 13.8. The predicted octanol–water partition coefficient (Wildman–Crippen LogP) is 3.70. The quantitative estimate of drug-likeness (QED) is 0.338. The predicted molar refractivity (Wildman–Crippen MR) is 136 cm³/mol. The molecule has 0 saturated carbocycles. The third-order valence-electron chi connectivity index (χ3n) is 6.65. The topological polar surface area (TPSA) is 112 Å². The Morgan fingerprint density at radius 1 is 1.22 bits per heavy atom. The zero-order valence-electron chi connectivity index (χ0n) is 20.7. The first-order chi connectivity index (χ1) is 17.3. The fraction of sp³-hybridized carbons (Fsp3) is 0.407. The number of thioether (sulfide) groups is 1. The molecule has 8 nitrogen and oxygen atoms in total. The fourth-order valence-electron chi connectivity index (χ4n) is 4.97. The number of carbonyl (C=O) groups excluding carboxylic acids is 3. The minimum absolute atomic E-state index is 0.142. The van der Waals surface area contributed by atoms with Gasteiger partial charge >= 0.3 is 11.9 Å². The molecule has 9 heteroatoms. The van der Waals surface area contributed by atoms with Crippen LogP contribution in [0.1, 0.15) is 38.7 Å². The first kappa shape index (κ1) is 25.8. The molecule has 2 aliphatic rings. The van der Waals surface area contributed by atoms with Gasteiger partial charge in [-0.15, -0.1) is 0 Å². The Hall–Kier alpha value is -3.33. The Kier molecular flexibility index (Phi) is 7.68. The Bertz CT molecular complexity index is 1340. The van der Waals surface area contributed by atoms with Crippen LogP contribution in [0.15, 0.2) is 62.3 Å². The Morgan fingerprint density at radius 2 is 1.97 bits per heavy atom. The van der Waals surface area contributed by atoms with Crippen molar-refractivity contribution in [3.8, 4) is 0 Å². The number of hydrogen-bond acceptors (Lipinski definition) is 9. The molecule has 0 bridgehead atoms. The Morgan fingerprint density at radius 3 is 2.69 bits per heavy atom. The number of dihydropyridines is 1. The summed E-state index contributed by atoms with van der Waals surface area (Å²) < 4.78 is 16.2. The van der Waals surface area contributed by atoms with Gasteiger partial charge in [-0.05, 0) is 37.1 Å². The standard InChI is InChI=1S/C27H29NO7S/c1-5-36-11-10-34-27(32)21-15(3)28-18-12-14(2)20(26(31)33-4)25(30)23(18)22(21)17-13-35-19-9-7-6-8-16(19)24(17)29/h6-9,13-14,20,22,28H,5,10-12H2,1-4H3. The molecule has 1 aliphatic heterocycles. The molecular weight excluding hydrogens is 482 g/mol. The van der Waals surface area contributed by atoms with Crippen molar-refractivity contribution in [3.05, 3.63) is 68.9 Å². The second-order valence-corrected chi connectivity index (χ2v) is 10.3. The fourth-order valence-corrected chi connectivity index (χ4v) is 5.46. The van der Waals surface area contributed by atoms with E-state index in [0.29, 0.717) is 34.5 Å². The highest BCUT2D eigenvalue weighted by Gasteiger charge is 2.48. The number of nitrogens with one attached hydrogen (secondary N) is 1. The third-order valence-corrected chi connectivity index (χ3v) is 7.51. The van der Waals surface area contributed by atoms with Gasteiger partial charge in [-0.2, -0.15) is 11.8 Å². The van der Waals surface area contributed by atoms with Crippen LogP contribution in [0.3, 0.4) is 0 Å². The lowest BCUT2D eigenvalue weighted by molar-refractivity contribution is -0.151. The Balaban J connectivity index is 1.88. The van der Waals surface area contributed by atoms with E-state index in [1.165, 1.54) is 13.4 Å². The second-order valence-electron chi connectivity index (χ2n) is 8.88. The molecule has 1 aromatic carbocycles. The third kappa shape index (κ3) is 4.59. The summed E-state index contributed by atoms with van der Waals surface area (Å²) in [6.45, 7) is 5.73. The average molecular weight is 512 g/mol. The number of benzene rings is 1. The molecule has 1 N–H and O–H groups in total. The number of fused-ring (bicyclic) bond motifs is 1. The molecule has 36 heavy (non-hydrogen) atoms. The number of Topliss-reactive ketones (excluding diaryl/α,β-unsaturated/α-hetero) is 1. The van der Waals surface area contributed by atoms with Crippen molar-refractivity contribution in [2.24, 2.45) is 11.8 Å². The van der Waals surface area contributed by atoms with Crippen molar-refractivity contribution in [2.45, 2.75) is 33.1 Å². The highest BCUT2D eigenvalue weighted by atomic mass is 32.2. The summed E-state index contributed by atoms with van der Waals surface area (Å²) in [5.74, 6) is -2.63. The van der Waals surface area contributed by atoms with E-state index in [0.717, 1.165) is 5.75 Å². The highest BCUT2D eigenvalue weighted by molar-refractivity contribution is 7.99. The summed E-state index contributed by atoms with van der Waals surface area (Å²) >= 11 is 1.63. The maximum atomic E-state index is 13.8. The van der Waals surface area contributed by atoms with Crippen molar-refractivity contribution in [2.75, 3.05) is 25.2 Å². The van der Waals surface area contributed by atoms with E-state index in [-0.39, 0.29) is 34.7 Å². The van der Waals surface area contributed by atoms with Crippen molar-refractivity contribution in [3.63, 3.8) is 0 Å². The van der Waals surface area contributed by atoms with Crippen molar-refractivity contribution in [1.82, 2.24) is 5.32 Å². The van der Waals surface area contributed by atoms with Crippen LogP contribution >= 0.6 is 11.8 Å². The zero-order chi connectivity index (χ0) is 26.0. The van der Waals surface area contributed by atoms with Crippen LogP contribution < -0.4 is 10.7 Å². The van der Waals surface area contributed by atoms with Gasteiger partial charge in [-0.1, -0.05) is 26.0 Å². The number of methoxy groups -OCH3 is 1. The molecule has 3 atom stereocenters. The molecule has 0 radical (unpaired) electrons. The minimum atomic E-state index is -1.04. The molecule has 0 saturated heterocycles. The lowest BCUT2D eigenvalue weighted by Crippen LogP contribution is -2.44. The SMILES string of the molecule is CCSCCOC(=O)C1=C(C)NC2=C(C(=O)C(C(=O)OC)C(C)C2)C1c1coc2ccccc2c1=O. The number of para-hydroxylation sites is 1. The van der Waals surface area contributed by atoms with Gasteiger partial charge in [0.25, 0.3) is 0 Å². The van der Waals surface area contributed by atoms with Gasteiger partial charge in [0.2, 0.25) is 0 Å². The number of rotatable bonds is 7. The van der Waals surface area contributed by atoms with E-state index in [4.69, 9.17) is 13.9 Å². The molecule has 190 valence electrons. The molecule has 4 rings (SSSR count). The van der Waals surface area contributed by atoms with Gasteiger partial charge in [-0.3, -0.25) is 14.4 Å². The maximum Gasteiger partial charge on any atom is 0.336 e. The average Bonchev–Trinajstić information content (AvgIpc) is 2.86. The van der Waals surface area contributed by atoms with Gasteiger partial charge < -0.3 is 19.2 Å². The molecular formula is C27H29NO7S. The number of hydrogen-bond donors (Lipinski definition) is 1. The van der Waals surface area contributed by atoms with E-state index in [9.17, 15) is 19.2 Å². The molecule has 1 aromatic heterocycles. The van der Waals surface area contributed by atoms with Crippen molar-refractivity contribution < 1.29 is 28.3 Å². The molecule has 0 amide bonds. The van der Waals surface area contributed by atoms with E-state index in [1.807, 2.05) is 6.92 Å². The Labute approximate surface area is 213 Å². The minimum Gasteiger partial charge on any atom is -0.468 e. The first-order valence-electron chi connectivity index (χ1n) is 11.9. The molecule has 2 heterocycles. The van der Waals surface area contributed by atoms with Crippen molar-refractivity contribution in [1.29, 1.82) is 0 Å².